The number of Topliss-reactive ketones (excluding diaryl/α,β-unsaturated/α-hetero) is 1. The molecule has 18 heavy (non-hydrogen) atoms. The fourth-order valence-electron chi connectivity index (χ4n) is 1.73. The van der Waals surface area contributed by atoms with Gasteiger partial charge in [-0.25, -0.2) is 0 Å². The Bertz CT molecular complexity index is 638. The number of hydrogen-bond acceptors (Lipinski definition) is 4. The molecule has 0 amide bonds. The minimum absolute atomic E-state index is 0.152. The molecule has 0 aliphatic heterocycles. The number of anilines is 1. The highest BCUT2D eigenvalue weighted by molar-refractivity contribution is 6.00. The molecule has 2 rings (SSSR count). The molecule has 2 aromatic rings. The van der Waals surface area contributed by atoms with Crippen LogP contribution in [0.25, 0.3) is 11.3 Å². The second kappa shape index (κ2) is 4.73. The molecule has 1 aromatic carbocycles. The number of aromatic nitrogens is 1. The first-order chi connectivity index (χ1) is 8.65. The topological polar surface area (TPSA) is 88.9 Å². The number of ketones is 1. The fourth-order valence-corrected chi connectivity index (χ4v) is 1.73. The van der Waals surface area contributed by atoms with Gasteiger partial charge in [0, 0.05) is 11.3 Å². The van der Waals surface area contributed by atoms with Crippen LogP contribution in [0.4, 0.5) is 5.69 Å². The van der Waals surface area contributed by atoms with Crippen molar-refractivity contribution in [3.8, 4) is 17.3 Å². The number of nitrogens with zero attached hydrogens (tertiary/aromatic N) is 1. The van der Waals surface area contributed by atoms with E-state index in [1.54, 1.807) is 30.3 Å². The van der Waals surface area contributed by atoms with E-state index >= 15 is 0 Å². The van der Waals surface area contributed by atoms with Gasteiger partial charge in [0.2, 0.25) is 0 Å². The highest BCUT2D eigenvalue weighted by Gasteiger charge is 2.10. The van der Waals surface area contributed by atoms with Gasteiger partial charge in [-0.15, -0.1) is 0 Å². The number of aromatic amines is 1. The number of benzene rings is 1. The molecule has 1 aromatic heterocycles. The van der Waals surface area contributed by atoms with Gasteiger partial charge < -0.3 is 4.98 Å². The molecule has 0 aliphatic rings. The van der Waals surface area contributed by atoms with Crippen LogP contribution in [0, 0.1) is 11.3 Å². The zero-order chi connectivity index (χ0) is 13.1. The maximum absolute atomic E-state index is 11.5. The summed E-state index contributed by atoms with van der Waals surface area (Å²) < 4.78 is 0. The molecule has 0 fully saturated rings. The first-order valence-electron chi connectivity index (χ1n) is 5.30. The molecule has 3 N–H and O–H groups in total. The number of carbonyl (C=O) groups is 1. The van der Waals surface area contributed by atoms with Gasteiger partial charge in [0.15, 0.2) is 5.78 Å². The Kier molecular flexibility index (Phi) is 3.13. The SMILES string of the molecule is CC(=O)c1cc(-c2ccc(C#N)[nH]2)ccc1NO. The summed E-state index contributed by atoms with van der Waals surface area (Å²) in [6, 6.07) is 10.5. The van der Waals surface area contributed by atoms with E-state index < -0.39 is 0 Å². The number of H-pyrrole nitrogens is 1. The lowest BCUT2D eigenvalue weighted by molar-refractivity contribution is 0.101. The normalized spacial score (nSPS) is 9.83. The Morgan fingerprint density at radius 3 is 2.72 bits per heavy atom. The van der Waals surface area contributed by atoms with Crippen molar-refractivity contribution < 1.29 is 10.0 Å². The third-order valence-corrected chi connectivity index (χ3v) is 2.64. The predicted octanol–water partition coefficient (Wildman–Crippen LogP) is 2.56. The van der Waals surface area contributed by atoms with Crippen LogP contribution in [0.5, 0.6) is 0 Å². The molecule has 1 heterocycles. The zero-order valence-corrected chi connectivity index (χ0v) is 9.69. The van der Waals surface area contributed by atoms with Crippen molar-refractivity contribution >= 4 is 11.5 Å². The lowest BCUT2D eigenvalue weighted by Gasteiger charge is -2.07. The molecule has 90 valence electrons. The van der Waals surface area contributed by atoms with E-state index in [2.05, 4.69) is 4.98 Å². The van der Waals surface area contributed by atoms with Crippen LogP contribution >= 0.6 is 0 Å². The van der Waals surface area contributed by atoms with E-state index in [-0.39, 0.29) is 5.78 Å². The average molecular weight is 241 g/mol. The molecular weight excluding hydrogens is 230 g/mol. The van der Waals surface area contributed by atoms with Crippen LogP contribution in [0.2, 0.25) is 0 Å². The molecule has 0 unspecified atom stereocenters. The Hall–Kier alpha value is -2.58. The lowest BCUT2D eigenvalue weighted by Crippen LogP contribution is -2.00. The molecule has 0 spiro atoms. The molecule has 0 atom stereocenters. The van der Waals surface area contributed by atoms with Crippen molar-refractivity contribution in [1.29, 1.82) is 5.26 Å². The summed E-state index contributed by atoms with van der Waals surface area (Å²) >= 11 is 0. The van der Waals surface area contributed by atoms with Crippen LogP contribution < -0.4 is 5.48 Å². The van der Waals surface area contributed by atoms with Gasteiger partial charge in [0.1, 0.15) is 11.8 Å². The first-order valence-corrected chi connectivity index (χ1v) is 5.30. The molecule has 0 saturated carbocycles. The summed E-state index contributed by atoms with van der Waals surface area (Å²) in [4.78, 5) is 14.4. The smallest absolute Gasteiger partial charge is 0.161 e. The van der Waals surface area contributed by atoms with Crippen molar-refractivity contribution in [2.45, 2.75) is 6.92 Å². The monoisotopic (exact) mass is 241 g/mol. The predicted molar refractivity (Wildman–Crippen MR) is 66.4 cm³/mol. The second-order valence-corrected chi connectivity index (χ2v) is 3.83. The standard InChI is InChI=1S/C13H11N3O2/c1-8(17)11-6-9(2-4-13(11)16-18)12-5-3-10(7-14)15-12/h2-6,15-16,18H,1H3. The van der Waals surface area contributed by atoms with Gasteiger partial charge in [-0.3, -0.25) is 15.5 Å². The van der Waals surface area contributed by atoms with Gasteiger partial charge in [0.05, 0.1) is 5.69 Å². The lowest BCUT2D eigenvalue weighted by atomic mass is 10.0. The number of nitrogens with one attached hydrogen (secondary N) is 2. The Labute approximate surface area is 104 Å². The quantitative estimate of drug-likeness (QED) is 0.569. The van der Waals surface area contributed by atoms with E-state index in [1.807, 2.05) is 11.5 Å². The van der Waals surface area contributed by atoms with Crippen LogP contribution in [-0.2, 0) is 0 Å². The van der Waals surface area contributed by atoms with Crippen molar-refractivity contribution in [2.75, 3.05) is 5.48 Å². The van der Waals surface area contributed by atoms with E-state index in [9.17, 15) is 4.79 Å². The third kappa shape index (κ3) is 2.10. The molecular formula is C13H11N3O2. The third-order valence-electron chi connectivity index (χ3n) is 2.64. The highest BCUT2D eigenvalue weighted by Crippen LogP contribution is 2.25. The van der Waals surface area contributed by atoms with Gasteiger partial charge >= 0.3 is 0 Å². The molecule has 0 radical (unpaired) electrons. The molecule has 5 nitrogen and oxygen atoms in total. The van der Waals surface area contributed by atoms with Crippen LogP contribution in [-0.4, -0.2) is 16.0 Å². The second-order valence-electron chi connectivity index (χ2n) is 3.83. The van der Waals surface area contributed by atoms with E-state index in [4.69, 9.17) is 10.5 Å². The number of carbonyl (C=O) groups excluding carboxylic acids is 1. The van der Waals surface area contributed by atoms with Crippen molar-refractivity contribution in [2.24, 2.45) is 0 Å². The molecule has 0 bridgehead atoms. The zero-order valence-electron chi connectivity index (χ0n) is 9.69. The number of nitriles is 1. The van der Waals surface area contributed by atoms with Gasteiger partial charge in [0.25, 0.3) is 0 Å². The summed E-state index contributed by atoms with van der Waals surface area (Å²) in [6.07, 6.45) is 0. The fraction of sp³-hybridized carbons (Fsp3) is 0.0769. The molecule has 0 saturated heterocycles. The average Bonchev–Trinajstić information content (AvgIpc) is 2.86. The summed E-state index contributed by atoms with van der Waals surface area (Å²) in [7, 11) is 0. The van der Waals surface area contributed by atoms with E-state index in [0.29, 0.717) is 16.9 Å². The minimum atomic E-state index is -0.152. The van der Waals surface area contributed by atoms with Crippen molar-refractivity contribution in [1.82, 2.24) is 4.98 Å². The summed E-state index contributed by atoms with van der Waals surface area (Å²) in [5.74, 6) is -0.152. The maximum Gasteiger partial charge on any atom is 0.161 e. The van der Waals surface area contributed by atoms with Crippen LogP contribution in [0.3, 0.4) is 0 Å². The van der Waals surface area contributed by atoms with Gasteiger partial charge in [-0.2, -0.15) is 5.26 Å². The van der Waals surface area contributed by atoms with Crippen molar-refractivity contribution in [3.63, 3.8) is 0 Å². The first kappa shape index (κ1) is 11.9. The van der Waals surface area contributed by atoms with Crippen LogP contribution in [0.15, 0.2) is 30.3 Å². The summed E-state index contributed by atoms with van der Waals surface area (Å²) in [6.45, 7) is 1.43. The van der Waals surface area contributed by atoms with Crippen LogP contribution in [0.1, 0.15) is 23.0 Å². The van der Waals surface area contributed by atoms with E-state index in [0.717, 1.165) is 11.3 Å². The van der Waals surface area contributed by atoms with Gasteiger partial charge in [-0.1, -0.05) is 6.07 Å². The number of hydrogen-bond donors (Lipinski definition) is 3. The molecule has 0 aliphatic carbocycles. The Morgan fingerprint density at radius 2 is 2.17 bits per heavy atom. The minimum Gasteiger partial charge on any atom is -0.346 e. The highest BCUT2D eigenvalue weighted by atomic mass is 16.5. The Balaban J connectivity index is 2.50. The van der Waals surface area contributed by atoms with Crippen molar-refractivity contribution in [3.05, 3.63) is 41.6 Å². The Morgan fingerprint density at radius 1 is 1.39 bits per heavy atom. The molecule has 5 heteroatoms. The maximum atomic E-state index is 11.5. The largest absolute Gasteiger partial charge is 0.346 e. The summed E-state index contributed by atoms with van der Waals surface area (Å²) in [5, 5.41) is 17.7. The van der Waals surface area contributed by atoms with E-state index in [1.165, 1.54) is 6.92 Å². The number of rotatable bonds is 3. The van der Waals surface area contributed by atoms with Gasteiger partial charge in [-0.05, 0) is 36.8 Å². The summed E-state index contributed by atoms with van der Waals surface area (Å²) in [5.41, 5.74) is 4.72.